The smallest absolute Gasteiger partial charge is 0.363 e. The van der Waals surface area contributed by atoms with Crippen LogP contribution < -0.4 is 10.6 Å². The third-order valence-corrected chi connectivity index (χ3v) is 3.86. The topological polar surface area (TPSA) is 41.9 Å². The number of aromatic nitrogens is 2. The van der Waals surface area contributed by atoms with Crippen molar-refractivity contribution < 1.29 is 13.2 Å². The maximum Gasteiger partial charge on any atom is 0.436 e. The molecule has 0 atom stereocenters. The normalized spacial score (nSPS) is 15.1. The lowest BCUT2D eigenvalue weighted by molar-refractivity contribution is -0.141. The summed E-state index contributed by atoms with van der Waals surface area (Å²) in [5.74, 6) is 0. The summed E-state index contributed by atoms with van der Waals surface area (Å²) in [6.45, 7) is 2.44. The highest BCUT2D eigenvalue weighted by molar-refractivity contribution is 7.80. The first-order valence-electron chi connectivity index (χ1n) is 6.63. The molecule has 1 aromatic rings. The van der Waals surface area contributed by atoms with Gasteiger partial charge >= 0.3 is 6.18 Å². The summed E-state index contributed by atoms with van der Waals surface area (Å²) in [7, 11) is 0. The SMILES string of the molecule is Cc1c(Cl)c(C(F)(F)F)nn1CCCNC(=S)NC1CC1. The fraction of sp³-hybridized carbons (Fsp3) is 0.667. The van der Waals surface area contributed by atoms with Gasteiger partial charge in [0.15, 0.2) is 10.8 Å². The molecule has 2 rings (SSSR count). The van der Waals surface area contributed by atoms with Crippen LogP contribution >= 0.6 is 23.8 Å². The van der Waals surface area contributed by atoms with E-state index in [4.69, 9.17) is 23.8 Å². The Morgan fingerprint density at radius 1 is 1.48 bits per heavy atom. The highest BCUT2D eigenvalue weighted by atomic mass is 35.5. The molecule has 9 heteroatoms. The van der Waals surface area contributed by atoms with Crippen LogP contribution in [0.4, 0.5) is 13.2 Å². The quantitative estimate of drug-likeness (QED) is 0.639. The van der Waals surface area contributed by atoms with Crippen molar-refractivity contribution >= 4 is 28.9 Å². The second-order valence-electron chi connectivity index (χ2n) is 5.00. The first kappa shape index (κ1) is 16.4. The van der Waals surface area contributed by atoms with Gasteiger partial charge in [0, 0.05) is 19.1 Å². The van der Waals surface area contributed by atoms with Crippen molar-refractivity contribution in [2.75, 3.05) is 6.54 Å². The zero-order valence-electron chi connectivity index (χ0n) is 11.4. The third-order valence-electron chi connectivity index (χ3n) is 3.15. The number of hydrogen-bond donors (Lipinski definition) is 2. The summed E-state index contributed by atoms with van der Waals surface area (Å²) in [5.41, 5.74) is -0.705. The molecule has 118 valence electrons. The molecule has 0 aliphatic heterocycles. The Hall–Kier alpha value is -1.02. The maximum absolute atomic E-state index is 12.7. The van der Waals surface area contributed by atoms with Crippen LogP contribution in [0.3, 0.4) is 0 Å². The van der Waals surface area contributed by atoms with E-state index in [0.717, 1.165) is 12.8 Å². The van der Waals surface area contributed by atoms with Crippen molar-refractivity contribution in [1.82, 2.24) is 20.4 Å². The molecule has 0 spiro atoms. The molecular formula is C12H16ClF3N4S. The number of aryl methyl sites for hydroxylation is 1. The molecule has 1 aliphatic rings. The van der Waals surface area contributed by atoms with Crippen molar-refractivity contribution in [3.8, 4) is 0 Å². The molecule has 21 heavy (non-hydrogen) atoms. The third kappa shape index (κ3) is 4.47. The van der Waals surface area contributed by atoms with E-state index in [-0.39, 0.29) is 5.02 Å². The van der Waals surface area contributed by atoms with E-state index in [1.807, 2.05) is 0 Å². The number of nitrogens with one attached hydrogen (secondary N) is 2. The van der Waals surface area contributed by atoms with E-state index in [2.05, 4.69) is 15.7 Å². The van der Waals surface area contributed by atoms with Gasteiger partial charge in [-0.3, -0.25) is 4.68 Å². The van der Waals surface area contributed by atoms with E-state index < -0.39 is 11.9 Å². The molecule has 0 amide bonds. The lowest BCUT2D eigenvalue weighted by Gasteiger charge is -2.10. The summed E-state index contributed by atoms with van der Waals surface area (Å²) < 4.78 is 39.3. The van der Waals surface area contributed by atoms with Crippen LogP contribution in [0.2, 0.25) is 5.02 Å². The number of nitrogens with zero attached hydrogens (tertiary/aromatic N) is 2. The van der Waals surface area contributed by atoms with Gasteiger partial charge in [0.1, 0.15) is 0 Å². The lowest BCUT2D eigenvalue weighted by Crippen LogP contribution is -2.37. The van der Waals surface area contributed by atoms with Gasteiger partial charge in [0.2, 0.25) is 0 Å². The van der Waals surface area contributed by atoms with Crippen molar-refractivity contribution in [2.45, 2.75) is 44.9 Å². The number of thiocarbonyl (C=S) groups is 1. The zero-order chi connectivity index (χ0) is 15.6. The molecule has 1 saturated carbocycles. The van der Waals surface area contributed by atoms with Crippen molar-refractivity contribution in [3.05, 3.63) is 16.4 Å². The average Bonchev–Trinajstić information content (AvgIpc) is 3.13. The van der Waals surface area contributed by atoms with Gasteiger partial charge < -0.3 is 10.6 Å². The Balaban J connectivity index is 1.81. The molecule has 1 heterocycles. The molecule has 0 aromatic carbocycles. The minimum atomic E-state index is -4.53. The van der Waals surface area contributed by atoms with Gasteiger partial charge in [0.05, 0.1) is 10.7 Å². The summed E-state index contributed by atoms with van der Waals surface area (Å²) in [5, 5.41) is 9.94. The minimum absolute atomic E-state index is 0.322. The fourth-order valence-corrected chi connectivity index (χ4v) is 2.33. The Labute approximate surface area is 131 Å². The second-order valence-corrected chi connectivity index (χ2v) is 5.78. The molecule has 0 saturated heterocycles. The Bertz CT molecular complexity index is 525. The molecule has 0 radical (unpaired) electrons. The fourth-order valence-electron chi connectivity index (χ4n) is 1.82. The highest BCUT2D eigenvalue weighted by Crippen LogP contribution is 2.35. The van der Waals surface area contributed by atoms with E-state index in [1.54, 1.807) is 0 Å². The predicted octanol–water partition coefficient (Wildman–Crippen LogP) is 2.88. The largest absolute Gasteiger partial charge is 0.436 e. The van der Waals surface area contributed by atoms with Crippen LogP contribution in [0.5, 0.6) is 0 Å². The van der Waals surface area contributed by atoms with Crippen LogP contribution in [0.15, 0.2) is 0 Å². The van der Waals surface area contributed by atoms with Gasteiger partial charge in [-0.2, -0.15) is 18.3 Å². The second kappa shape index (κ2) is 6.39. The molecule has 1 fully saturated rings. The molecular weight excluding hydrogens is 325 g/mol. The lowest BCUT2D eigenvalue weighted by atomic mass is 10.3. The molecule has 1 aliphatic carbocycles. The summed E-state index contributed by atoms with van der Waals surface area (Å²) in [6.07, 6.45) is -1.66. The van der Waals surface area contributed by atoms with Crippen LogP contribution in [-0.2, 0) is 12.7 Å². The van der Waals surface area contributed by atoms with Crippen LogP contribution in [0, 0.1) is 6.92 Å². The molecule has 4 nitrogen and oxygen atoms in total. The molecule has 2 N–H and O–H groups in total. The van der Waals surface area contributed by atoms with Gasteiger partial charge in [-0.25, -0.2) is 0 Å². The van der Waals surface area contributed by atoms with Gasteiger partial charge in [-0.15, -0.1) is 0 Å². The first-order chi connectivity index (χ1) is 9.79. The maximum atomic E-state index is 12.7. The van der Waals surface area contributed by atoms with Gasteiger partial charge in [0.25, 0.3) is 0 Å². The van der Waals surface area contributed by atoms with Crippen molar-refractivity contribution in [3.63, 3.8) is 0 Å². The van der Waals surface area contributed by atoms with E-state index in [9.17, 15) is 13.2 Å². The monoisotopic (exact) mass is 340 g/mol. The summed E-state index contributed by atoms with van der Waals surface area (Å²) in [4.78, 5) is 0. The van der Waals surface area contributed by atoms with Gasteiger partial charge in [-0.1, -0.05) is 11.6 Å². The minimum Gasteiger partial charge on any atom is -0.363 e. The molecule has 0 unspecified atom stereocenters. The standard InChI is InChI=1S/C12H16ClF3N4S/c1-7-9(13)10(12(14,15)16)19-20(7)6-2-5-17-11(21)18-8-3-4-8/h8H,2-6H2,1H3,(H2,17,18,21). The van der Waals surface area contributed by atoms with E-state index >= 15 is 0 Å². The number of rotatable bonds is 5. The Morgan fingerprint density at radius 3 is 2.67 bits per heavy atom. The van der Waals surface area contributed by atoms with Crippen molar-refractivity contribution in [1.29, 1.82) is 0 Å². The van der Waals surface area contributed by atoms with Crippen LogP contribution in [0.25, 0.3) is 0 Å². The highest BCUT2D eigenvalue weighted by Gasteiger charge is 2.38. The van der Waals surface area contributed by atoms with Gasteiger partial charge in [-0.05, 0) is 38.4 Å². The van der Waals surface area contributed by atoms with E-state index in [1.165, 1.54) is 11.6 Å². The predicted molar refractivity (Wildman–Crippen MR) is 78.4 cm³/mol. The first-order valence-corrected chi connectivity index (χ1v) is 7.42. The van der Waals surface area contributed by atoms with E-state index in [0.29, 0.717) is 36.4 Å². The Kier molecular flexibility index (Phi) is 4.98. The molecule has 1 aromatic heterocycles. The average molecular weight is 341 g/mol. The summed E-state index contributed by atoms with van der Waals surface area (Å²) in [6, 6.07) is 0.478. The van der Waals surface area contributed by atoms with Crippen molar-refractivity contribution in [2.24, 2.45) is 0 Å². The van der Waals surface area contributed by atoms with Crippen LogP contribution in [0.1, 0.15) is 30.7 Å². The number of alkyl halides is 3. The van der Waals surface area contributed by atoms with Crippen LogP contribution in [-0.4, -0.2) is 27.5 Å². The number of halogens is 4. The Morgan fingerprint density at radius 2 is 2.14 bits per heavy atom. The number of hydrogen-bond acceptors (Lipinski definition) is 2. The summed E-state index contributed by atoms with van der Waals surface area (Å²) >= 11 is 10.8. The molecule has 0 bridgehead atoms. The zero-order valence-corrected chi connectivity index (χ0v) is 13.0.